The molecule has 0 saturated carbocycles. The van der Waals surface area contributed by atoms with Gasteiger partial charge in [-0.25, -0.2) is 12.7 Å². The number of benzene rings is 2. The Hall–Kier alpha value is -2.58. The highest BCUT2D eigenvalue weighted by Crippen LogP contribution is 2.32. The molecule has 2 aliphatic heterocycles. The Balaban J connectivity index is 1.38. The number of carbonyl (C=O) groups excluding carboxylic acids is 1. The van der Waals surface area contributed by atoms with Crippen LogP contribution in [0.25, 0.3) is 0 Å². The van der Waals surface area contributed by atoms with Crippen LogP contribution in [0.2, 0.25) is 0 Å². The molecular weight excluding hydrogens is 416 g/mol. The summed E-state index contributed by atoms with van der Waals surface area (Å²) >= 11 is 0. The van der Waals surface area contributed by atoms with Crippen molar-refractivity contribution in [2.24, 2.45) is 0 Å². The van der Waals surface area contributed by atoms with Gasteiger partial charge in [-0.15, -0.1) is 0 Å². The molecule has 2 heterocycles. The number of carbonyl (C=O) groups is 1. The summed E-state index contributed by atoms with van der Waals surface area (Å²) in [6.45, 7) is 4.15. The Morgan fingerprint density at radius 2 is 1.68 bits per heavy atom. The van der Waals surface area contributed by atoms with Crippen LogP contribution >= 0.6 is 0 Å². The van der Waals surface area contributed by atoms with E-state index in [4.69, 9.17) is 9.47 Å². The summed E-state index contributed by atoms with van der Waals surface area (Å²) in [6.07, 6.45) is 2.92. The van der Waals surface area contributed by atoms with E-state index in [1.807, 2.05) is 25.1 Å². The van der Waals surface area contributed by atoms with Gasteiger partial charge in [0.25, 0.3) is 5.91 Å². The van der Waals surface area contributed by atoms with E-state index in [-0.39, 0.29) is 17.7 Å². The van der Waals surface area contributed by atoms with E-state index in [0.717, 1.165) is 24.8 Å². The van der Waals surface area contributed by atoms with Crippen LogP contribution in [0.15, 0.2) is 42.5 Å². The Labute approximate surface area is 183 Å². The van der Waals surface area contributed by atoms with Crippen molar-refractivity contribution in [3.63, 3.8) is 0 Å². The zero-order valence-electron chi connectivity index (χ0n) is 17.7. The fourth-order valence-electron chi connectivity index (χ4n) is 3.89. The minimum atomic E-state index is -3.32. The molecule has 0 aromatic heterocycles. The van der Waals surface area contributed by atoms with Crippen molar-refractivity contribution in [2.45, 2.75) is 38.0 Å². The molecule has 8 heteroatoms. The van der Waals surface area contributed by atoms with E-state index >= 15 is 0 Å². The maximum absolute atomic E-state index is 12.7. The van der Waals surface area contributed by atoms with Crippen molar-refractivity contribution >= 4 is 15.9 Å². The van der Waals surface area contributed by atoms with Crippen LogP contribution in [0, 0.1) is 0 Å². The van der Waals surface area contributed by atoms with Gasteiger partial charge in [-0.05, 0) is 55.2 Å². The van der Waals surface area contributed by atoms with Gasteiger partial charge in [0.2, 0.25) is 10.0 Å². The van der Waals surface area contributed by atoms with Gasteiger partial charge in [-0.1, -0.05) is 24.6 Å². The number of ether oxygens (including phenoxy) is 2. The van der Waals surface area contributed by atoms with Crippen molar-refractivity contribution in [1.29, 1.82) is 0 Å². The molecule has 7 nitrogen and oxygen atoms in total. The second-order valence-electron chi connectivity index (χ2n) is 8.01. The predicted octanol–water partition coefficient (Wildman–Crippen LogP) is 3.26. The minimum Gasteiger partial charge on any atom is -0.486 e. The number of hydrogen-bond donors (Lipinski definition) is 1. The van der Waals surface area contributed by atoms with Gasteiger partial charge in [-0.3, -0.25) is 4.79 Å². The molecule has 0 bridgehead atoms. The van der Waals surface area contributed by atoms with Gasteiger partial charge in [-0.2, -0.15) is 0 Å². The normalized spacial score (nSPS) is 17.7. The SMILES string of the molecule is C[C@@H](NC(=O)c1ccc(CS(=O)(=O)N2CCCCC2)cc1)c1ccc2c(c1)OCCO2. The second-order valence-corrected chi connectivity index (χ2v) is 9.98. The van der Waals surface area contributed by atoms with Gasteiger partial charge in [0.1, 0.15) is 13.2 Å². The molecule has 0 unspecified atom stereocenters. The number of nitrogens with one attached hydrogen (secondary N) is 1. The largest absolute Gasteiger partial charge is 0.486 e. The first kappa shape index (κ1) is 21.6. The van der Waals surface area contributed by atoms with E-state index in [1.54, 1.807) is 28.6 Å². The molecule has 0 radical (unpaired) electrons. The van der Waals surface area contributed by atoms with Crippen LogP contribution in [0.3, 0.4) is 0 Å². The number of piperidine rings is 1. The smallest absolute Gasteiger partial charge is 0.251 e. The van der Waals surface area contributed by atoms with Crippen LogP contribution in [0.1, 0.15) is 53.7 Å². The summed E-state index contributed by atoms with van der Waals surface area (Å²) in [7, 11) is -3.32. The van der Waals surface area contributed by atoms with Crippen molar-refractivity contribution < 1.29 is 22.7 Å². The second kappa shape index (κ2) is 9.28. The molecule has 2 aromatic carbocycles. The van der Waals surface area contributed by atoms with Crippen molar-refractivity contribution in [3.8, 4) is 11.5 Å². The Bertz CT molecular complexity index is 1030. The van der Waals surface area contributed by atoms with E-state index in [1.165, 1.54) is 0 Å². The van der Waals surface area contributed by atoms with Gasteiger partial charge >= 0.3 is 0 Å². The Morgan fingerprint density at radius 1 is 1.00 bits per heavy atom. The monoisotopic (exact) mass is 444 g/mol. The lowest BCUT2D eigenvalue weighted by atomic mass is 10.1. The van der Waals surface area contributed by atoms with Crippen LogP contribution in [0.4, 0.5) is 0 Å². The molecule has 0 spiro atoms. The van der Waals surface area contributed by atoms with Gasteiger partial charge in [0.05, 0.1) is 11.8 Å². The molecule has 1 N–H and O–H groups in total. The summed E-state index contributed by atoms with van der Waals surface area (Å²) in [5, 5.41) is 2.98. The lowest BCUT2D eigenvalue weighted by Gasteiger charge is -2.25. The van der Waals surface area contributed by atoms with Gasteiger partial charge < -0.3 is 14.8 Å². The first-order valence-electron chi connectivity index (χ1n) is 10.7. The lowest BCUT2D eigenvalue weighted by molar-refractivity contribution is 0.0939. The van der Waals surface area contributed by atoms with Crippen molar-refractivity contribution in [2.75, 3.05) is 26.3 Å². The maximum atomic E-state index is 12.7. The third kappa shape index (κ3) is 5.19. The fraction of sp³-hybridized carbons (Fsp3) is 0.435. The average molecular weight is 445 g/mol. The van der Waals surface area contributed by atoms with Gasteiger partial charge in [0, 0.05) is 18.7 Å². The first-order valence-corrected chi connectivity index (χ1v) is 12.3. The fourth-order valence-corrected chi connectivity index (χ4v) is 5.50. The topological polar surface area (TPSA) is 84.9 Å². The molecule has 2 aliphatic rings. The van der Waals surface area contributed by atoms with E-state index in [9.17, 15) is 13.2 Å². The summed E-state index contributed by atoms with van der Waals surface area (Å²) < 4.78 is 37.9. The van der Waals surface area contributed by atoms with Crippen molar-refractivity contribution in [1.82, 2.24) is 9.62 Å². The zero-order chi connectivity index (χ0) is 21.8. The molecule has 166 valence electrons. The van der Waals surface area contributed by atoms with E-state index < -0.39 is 10.0 Å². The molecule has 31 heavy (non-hydrogen) atoms. The van der Waals surface area contributed by atoms with E-state index in [0.29, 0.717) is 48.9 Å². The third-order valence-electron chi connectivity index (χ3n) is 5.69. The lowest BCUT2D eigenvalue weighted by Crippen LogP contribution is -2.36. The quantitative estimate of drug-likeness (QED) is 0.739. The average Bonchev–Trinajstić information content (AvgIpc) is 2.79. The molecule has 0 aliphatic carbocycles. The van der Waals surface area contributed by atoms with Crippen LogP contribution < -0.4 is 14.8 Å². The number of nitrogens with zero attached hydrogens (tertiary/aromatic N) is 1. The van der Waals surface area contributed by atoms with Crippen LogP contribution in [0.5, 0.6) is 11.5 Å². The maximum Gasteiger partial charge on any atom is 0.251 e. The molecule has 1 amide bonds. The predicted molar refractivity (Wildman–Crippen MR) is 118 cm³/mol. The summed E-state index contributed by atoms with van der Waals surface area (Å²) in [5.41, 5.74) is 2.09. The summed E-state index contributed by atoms with van der Waals surface area (Å²) in [6, 6.07) is 12.2. The minimum absolute atomic E-state index is 0.0392. The number of sulfonamides is 1. The molecule has 1 saturated heterocycles. The zero-order valence-corrected chi connectivity index (χ0v) is 18.5. The van der Waals surface area contributed by atoms with Crippen molar-refractivity contribution in [3.05, 3.63) is 59.2 Å². The highest BCUT2D eigenvalue weighted by molar-refractivity contribution is 7.88. The summed E-state index contributed by atoms with van der Waals surface area (Å²) in [5.74, 6) is 1.14. The standard InChI is InChI=1S/C23H28N2O5S/c1-17(20-9-10-21-22(15-20)30-14-13-29-21)24-23(26)19-7-5-18(6-8-19)16-31(27,28)25-11-3-2-4-12-25/h5-10,15,17H,2-4,11-14,16H2,1H3,(H,24,26)/t17-/m1/s1. The van der Waals surface area contributed by atoms with Gasteiger partial charge in [0.15, 0.2) is 11.5 Å². The number of hydrogen-bond acceptors (Lipinski definition) is 5. The van der Waals surface area contributed by atoms with Crippen LogP contribution in [-0.2, 0) is 15.8 Å². The highest BCUT2D eigenvalue weighted by Gasteiger charge is 2.24. The molecule has 2 aromatic rings. The Morgan fingerprint density at radius 3 is 2.39 bits per heavy atom. The molecule has 1 atom stereocenters. The number of fused-ring (bicyclic) bond motifs is 1. The molecule has 4 rings (SSSR count). The van der Waals surface area contributed by atoms with E-state index in [2.05, 4.69) is 5.32 Å². The molecule has 1 fully saturated rings. The Kier molecular flexibility index (Phi) is 6.48. The van der Waals surface area contributed by atoms with Crippen LogP contribution in [-0.4, -0.2) is 44.9 Å². The number of rotatable bonds is 6. The molecular formula is C23H28N2O5S. The third-order valence-corrected chi connectivity index (χ3v) is 7.54. The number of amides is 1. The first-order chi connectivity index (χ1) is 14.9. The highest BCUT2D eigenvalue weighted by atomic mass is 32.2. The summed E-state index contributed by atoms with van der Waals surface area (Å²) in [4.78, 5) is 12.7.